The second kappa shape index (κ2) is 14.3. The van der Waals surface area contributed by atoms with Crippen molar-refractivity contribution in [1.82, 2.24) is 10.2 Å². The molecule has 0 radical (unpaired) electrons. The first-order valence-corrected chi connectivity index (χ1v) is 16.9. The molecule has 3 aromatic carbocycles. The van der Waals surface area contributed by atoms with Gasteiger partial charge in [0.25, 0.3) is 10.0 Å². The van der Waals surface area contributed by atoms with Crippen LogP contribution in [0.2, 0.25) is 10.0 Å². The van der Waals surface area contributed by atoms with E-state index < -0.39 is 28.5 Å². The summed E-state index contributed by atoms with van der Waals surface area (Å²) in [6, 6.07) is 17.4. The van der Waals surface area contributed by atoms with Crippen molar-refractivity contribution in [2.45, 2.75) is 69.5 Å². The smallest absolute Gasteiger partial charge is 0.264 e. The van der Waals surface area contributed by atoms with Crippen LogP contribution >= 0.6 is 39.1 Å². The Labute approximate surface area is 266 Å². The lowest BCUT2D eigenvalue weighted by molar-refractivity contribution is -0.140. The molecular weight excluding hydrogens is 661 g/mol. The molecule has 2 amide bonds. The van der Waals surface area contributed by atoms with Gasteiger partial charge in [-0.15, -0.1) is 0 Å². The van der Waals surface area contributed by atoms with Crippen LogP contribution in [0.5, 0.6) is 0 Å². The van der Waals surface area contributed by atoms with Crippen LogP contribution in [-0.4, -0.2) is 43.8 Å². The van der Waals surface area contributed by atoms with E-state index in [1.807, 2.05) is 13.8 Å². The Hall–Kier alpha value is -2.59. The summed E-state index contributed by atoms with van der Waals surface area (Å²) in [5, 5.41) is 3.80. The fourth-order valence-corrected chi connectivity index (χ4v) is 7.45. The van der Waals surface area contributed by atoms with Crippen LogP contribution in [0.1, 0.15) is 50.2 Å². The number of nitrogens with zero attached hydrogens (tertiary/aromatic N) is 2. The number of nitrogens with one attached hydrogen (secondary N) is 1. The molecule has 7 nitrogen and oxygen atoms in total. The summed E-state index contributed by atoms with van der Waals surface area (Å²) < 4.78 is 29.7. The third kappa shape index (κ3) is 7.67. The second-order valence-electron chi connectivity index (χ2n) is 10.4. The number of rotatable bonds is 11. The van der Waals surface area contributed by atoms with Crippen molar-refractivity contribution in [3.8, 4) is 0 Å². The van der Waals surface area contributed by atoms with E-state index in [1.54, 1.807) is 54.6 Å². The van der Waals surface area contributed by atoms with Gasteiger partial charge in [0.15, 0.2) is 0 Å². The van der Waals surface area contributed by atoms with E-state index in [1.165, 1.54) is 17.0 Å². The lowest BCUT2D eigenvalue weighted by Crippen LogP contribution is -2.53. The molecule has 1 unspecified atom stereocenters. The summed E-state index contributed by atoms with van der Waals surface area (Å²) in [6.07, 6.45) is 4.17. The van der Waals surface area contributed by atoms with E-state index in [-0.39, 0.29) is 23.4 Å². The number of amides is 2. The molecule has 224 valence electrons. The zero-order valence-corrected chi connectivity index (χ0v) is 27.4. The van der Waals surface area contributed by atoms with Gasteiger partial charge >= 0.3 is 0 Å². The molecule has 11 heteroatoms. The Balaban J connectivity index is 1.75. The molecule has 4 rings (SSSR count). The molecule has 3 aromatic rings. The van der Waals surface area contributed by atoms with Crippen molar-refractivity contribution >= 4 is 66.7 Å². The summed E-state index contributed by atoms with van der Waals surface area (Å²) in [4.78, 5) is 29.3. The molecule has 0 aromatic heterocycles. The summed E-state index contributed by atoms with van der Waals surface area (Å²) in [6.45, 7) is 3.08. The minimum absolute atomic E-state index is 0.0486. The summed E-state index contributed by atoms with van der Waals surface area (Å²) >= 11 is 16.4. The van der Waals surface area contributed by atoms with Gasteiger partial charge in [-0.25, -0.2) is 8.42 Å². The summed E-state index contributed by atoms with van der Waals surface area (Å²) in [7, 11) is -4.16. The number of halogens is 3. The predicted octanol–water partition coefficient (Wildman–Crippen LogP) is 7.13. The third-order valence-corrected chi connectivity index (χ3v) is 10.5. The Kier molecular flexibility index (Phi) is 11.0. The van der Waals surface area contributed by atoms with Gasteiger partial charge in [-0.2, -0.15) is 0 Å². The Morgan fingerprint density at radius 1 is 1.00 bits per heavy atom. The molecule has 1 fully saturated rings. The van der Waals surface area contributed by atoms with E-state index >= 15 is 0 Å². The normalized spacial score (nSPS) is 14.4. The molecule has 42 heavy (non-hydrogen) atoms. The molecule has 0 heterocycles. The van der Waals surface area contributed by atoms with E-state index in [0.29, 0.717) is 32.2 Å². The average molecular weight is 696 g/mol. The van der Waals surface area contributed by atoms with Crippen molar-refractivity contribution in [1.29, 1.82) is 0 Å². The highest BCUT2D eigenvalue weighted by molar-refractivity contribution is 9.10. The fraction of sp³-hybridized carbons (Fsp3) is 0.355. The molecule has 0 aliphatic heterocycles. The zero-order chi connectivity index (χ0) is 30.4. The maximum Gasteiger partial charge on any atom is 0.264 e. The highest BCUT2D eigenvalue weighted by atomic mass is 79.9. The number of anilines is 1. The van der Waals surface area contributed by atoms with Crippen LogP contribution < -0.4 is 9.62 Å². The molecular formula is C31H34BrCl2N3O4S. The van der Waals surface area contributed by atoms with Gasteiger partial charge in [0.05, 0.1) is 10.6 Å². The van der Waals surface area contributed by atoms with Crippen LogP contribution in [0.3, 0.4) is 0 Å². The first-order chi connectivity index (χ1) is 20.0. The minimum Gasteiger partial charge on any atom is -0.352 e. The Morgan fingerprint density at radius 3 is 2.21 bits per heavy atom. The number of benzene rings is 3. The fourth-order valence-electron chi connectivity index (χ4n) is 5.14. The maximum absolute atomic E-state index is 14.3. The zero-order valence-electron chi connectivity index (χ0n) is 23.5. The molecule has 1 aliphatic rings. The van der Waals surface area contributed by atoms with Crippen molar-refractivity contribution in [3.05, 3.63) is 92.4 Å². The van der Waals surface area contributed by atoms with Crippen LogP contribution in [0.25, 0.3) is 0 Å². The van der Waals surface area contributed by atoms with Gasteiger partial charge in [0.1, 0.15) is 12.6 Å². The van der Waals surface area contributed by atoms with Gasteiger partial charge in [-0.05, 0) is 68.7 Å². The first-order valence-electron chi connectivity index (χ1n) is 13.9. The quantitative estimate of drug-likeness (QED) is 0.232. The predicted molar refractivity (Wildman–Crippen MR) is 171 cm³/mol. The number of sulfonamides is 1. The Bertz CT molecular complexity index is 1510. The van der Waals surface area contributed by atoms with E-state index in [9.17, 15) is 18.0 Å². The molecule has 1 N–H and O–H groups in total. The van der Waals surface area contributed by atoms with Crippen LogP contribution in [0.4, 0.5) is 5.69 Å². The Morgan fingerprint density at radius 2 is 1.62 bits per heavy atom. The number of carbonyl (C=O) groups is 2. The van der Waals surface area contributed by atoms with Gasteiger partial charge < -0.3 is 10.2 Å². The van der Waals surface area contributed by atoms with E-state index in [2.05, 4.69) is 21.2 Å². The number of hydrogen-bond acceptors (Lipinski definition) is 4. The molecule has 1 aliphatic carbocycles. The van der Waals surface area contributed by atoms with Gasteiger partial charge in [0, 0.05) is 32.7 Å². The van der Waals surface area contributed by atoms with Crippen molar-refractivity contribution < 1.29 is 18.0 Å². The topological polar surface area (TPSA) is 86.8 Å². The van der Waals surface area contributed by atoms with Crippen molar-refractivity contribution in [3.63, 3.8) is 0 Å². The van der Waals surface area contributed by atoms with Gasteiger partial charge in [-0.3, -0.25) is 13.9 Å². The van der Waals surface area contributed by atoms with Gasteiger partial charge in [-0.1, -0.05) is 88.7 Å². The van der Waals surface area contributed by atoms with Crippen LogP contribution in [-0.2, 0) is 26.2 Å². The van der Waals surface area contributed by atoms with E-state index in [4.69, 9.17) is 23.2 Å². The monoisotopic (exact) mass is 693 g/mol. The standard InChI is InChI=1S/C31H34BrCl2N3O4S/c1-3-29(31(39)35-23-9-4-5-10-23)36(19-26-27(33)12-7-13-28(26)34)30(38)20-37(24-11-6-8-22(32)18-24)42(40,41)25-16-14-21(2)15-17-25/h6-8,11-18,23,29H,3-5,9-10,19-20H2,1-2H3,(H,35,39). The van der Waals surface area contributed by atoms with Crippen molar-refractivity contribution in [2.24, 2.45) is 0 Å². The van der Waals surface area contributed by atoms with Crippen molar-refractivity contribution in [2.75, 3.05) is 10.8 Å². The highest BCUT2D eigenvalue weighted by Gasteiger charge is 2.35. The molecule has 0 bridgehead atoms. The van der Waals surface area contributed by atoms with Gasteiger partial charge in [0.2, 0.25) is 11.8 Å². The lowest BCUT2D eigenvalue weighted by atomic mass is 10.1. The second-order valence-corrected chi connectivity index (χ2v) is 14.0. The summed E-state index contributed by atoms with van der Waals surface area (Å²) in [5.74, 6) is -0.841. The minimum atomic E-state index is -4.16. The highest BCUT2D eigenvalue weighted by Crippen LogP contribution is 2.30. The number of carbonyl (C=O) groups excluding carboxylic acids is 2. The first kappa shape index (κ1) is 32.3. The molecule has 0 saturated heterocycles. The maximum atomic E-state index is 14.3. The SMILES string of the molecule is CCC(C(=O)NC1CCCC1)N(Cc1c(Cl)cccc1Cl)C(=O)CN(c1cccc(Br)c1)S(=O)(=O)c1ccc(C)cc1. The summed E-state index contributed by atoms with van der Waals surface area (Å²) in [5.41, 5.74) is 1.69. The molecule has 0 spiro atoms. The number of hydrogen-bond donors (Lipinski definition) is 1. The van der Waals surface area contributed by atoms with E-state index in [0.717, 1.165) is 35.6 Å². The number of aryl methyl sites for hydroxylation is 1. The average Bonchev–Trinajstić information content (AvgIpc) is 3.46. The van der Waals surface area contributed by atoms with Crippen LogP contribution in [0, 0.1) is 6.92 Å². The molecule has 1 saturated carbocycles. The third-order valence-electron chi connectivity index (χ3n) is 7.46. The molecule has 1 atom stereocenters. The largest absolute Gasteiger partial charge is 0.352 e. The van der Waals surface area contributed by atoms with Crippen LogP contribution in [0.15, 0.2) is 76.1 Å². The lowest BCUT2D eigenvalue weighted by Gasteiger charge is -2.34.